The molecule has 1 aliphatic rings. The van der Waals surface area contributed by atoms with Gasteiger partial charge in [-0.25, -0.2) is 0 Å². The molecule has 0 bridgehead atoms. The van der Waals surface area contributed by atoms with Crippen molar-refractivity contribution >= 4 is 5.91 Å². The van der Waals surface area contributed by atoms with Crippen molar-refractivity contribution in [2.45, 2.75) is 39.7 Å². The third-order valence-corrected chi connectivity index (χ3v) is 3.65. The van der Waals surface area contributed by atoms with Crippen LogP contribution in [0.1, 0.15) is 33.6 Å². The first-order valence-corrected chi connectivity index (χ1v) is 6.91. The lowest BCUT2D eigenvalue weighted by Gasteiger charge is -2.29. The van der Waals surface area contributed by atoms with E-state index in [1.54, 1.807) is 0 Å². The van der Waals surface area contributed by atoms with E-state index in [1.165, 1.54) is 0 Å². The number of likely N-dealkylation sites (N-methyl/N-ethyl adjacent to an activating group) is 1. The topological polar surface area (TPSA) is 35.6 Å². The molecule has 1 fully saturated rings. The lowest BCUT2D eigenvalue weighted by atomic mass is 10.2. The van der Waals surface area contributed by atoms with Crippen molar-refractivity contribution in [3.05, 3.63) is 0 Å². The molecule has 17 heavy (non-hydrogen) atoms. The quantitative estimate of drug-likeness (QED) is 0.778. The summed E-state index contributed by atoms with van der Waals surface area (Å²) >= 11 is 0. The molecule has 1 aliphatic heterocycles. The number of nitrogens with one attached hydrogen (secondary N) is 1. The van der Waals surface area contributed by atoms with Crippen LogP contribution < -0.4 is 5.32 Å². The Kier molecular flexibility index (Phi) is 6.52. The number of hydrogen-bond acceptors (Lipinski definition) is 3. The van der Waals surface area contributed by atoms with Crippen LogP contribution in [0.4, 0.5) is 0 Å². The summed E-state index contributed by atoms with van der Waals surface area (Å²) in [5.41, 5.74) is 0. The molecule has 1 atom stereocenters. The van der Waals surface area contributed by atoms with Gasteiger partial charge in [-0.1, -0.05) is 13.8 Å². The van der Waals surface area contributed by atoms with Crippen LogP contribution in [0.5, 0.6) is 0 Å². The molecule has 1 rings (SSSR count). The van der Waals surface area contributed by atoms with Gasteiger partial charge in [0, 0.05) is 25.7 Å². The van der Waals surface area contributed by atoms with Gasteiger partial charge in [-0.15, -0.1) is 0 Å². The summed E-state index contributed by atoms with van der Waals surface area (Å²) in [5, 5.41) is 3.33. The third kappa shape index (κ3) is 4.64. The predicted octanol–water partition coefficient (Wildman–Crippen LogP) is 0.929. The molecule has 0 aromatic carbocycles. The van der Waals surface area contributed by atoms with Crippen LogP contribution >= 0.6 is 0 Å². The second-order valence-electron chi connectivity index (χ2n) is 4.80. The Morgan fingerprint density at radius 3 is 2.76 bits per heavy atom. The van der Waals surface area contributed by atoms with E-state index in [0.717, 1.165) is 45.6 Å². The van der Waals surface area contributed by atoms with Crippen LogP contribution in [0, 0.1) is 0 Å². The normalized spacial score (nSPS) is 19.2. The minimum atomic E-state index is 0.288. The van der Waals surface area contributed by atoms with Crippen molar-refractivity contribution < 1.29 is 4.79 Å². The molecular weight excluding hydrogens is 214 g/mol. The Bertz CT molecular complexity index is 225. The summed E-state index contributed by atoms with van der Waals surface area (Å²) in [6, 6.07) is 0.494. The highest BCUT2D eigenvalue weighted by atomic mass is 16.2. The van der Waals surface area contributed by atoms with Gasteiger partial charge in [0.1, 0.15) is 0 Å². The van der Waals surface area contributed by atoms with Crippen LogP contribution in [0.3, 0.4) is 0 Å². The number of rotatable bonds is 5. The van der Waals surface area contributed by atoms with Gasteiger partial charge in [0.25, 0.3) is 0 Å². The summed E-state index contributed by atoms with van der Waals surface area (Å²) in [6.45, 7) is 11.8. The molecule has 1 heterocycles. The number of carbonyl (C=O) groups is 1. The first kappa shape index (κ1) is 14.5. The molecule has 4 nitrogen and oxygen atoms in total. The summed E-state index contributed by atoms with van der Waals surface area (Å²) < 4.78 is 0. The van der Waals surface area contributed by atoms with E-state index in [4.69, 9.17) is 0 Å². The molecule has 0 spiro atoms. The predicted molar refractivity (Wildman–Crippen MR) is 71.1 cm³/mol. The van der Waals surface area contributed by atoms with E-state index in [1.807, 2.05) is 4.90 Å². The molecule has 1 saturated heterocycles. The fourth-order valence-electron chi connectivity index (χ4n) is 2.21. The van der Waals surface area contributed by atoms with E-state index in [-0.39, 0.29) is 5.91 Å². The zero-order valence-electron chi connectivity index (χ0n) is 11.5. The maximum Gasteiger partial charge on any atom is 0.236 e. The van der Waals surface area contributed by atoms with Crippen molar-refractivity contribution in [2.75, 3.05) is 39.3 Å². The highest BCUT2D eigenvalue weighted by molar-refractivity contribution is 5.78. The zero-order chi connectivity index (χ0) is 12.7. The standard InChI is InChI=1S/C13H27N3O/c1-4-12(3)15(5-2)11-13(17)16-9-6-7-14-8-10-16/h12,14H,4-11H2,1-3H3. The minimum absolute atomic E-state index is 0.288. The molecule has 0 radical (unpaired) electrons. The number of amides is 1. The summed E-state index contributed by atoms with van der Waals surface area (Å²) in [7, 11) is 0. The van der Waals surface area contributed by atoms with E-state index < -0.39 is 0 Å². The van der Waals surface area contributed by atoms with Gasteiger partial charge in [-0.2, -0.15) is 0 Å². The van der Waals surface area contributed by atoms with Crippen molar-refractivity contribution in [1.82, 2.24) is 15.1 Å². The number of hydrogen-bond donors (Lipinski definition) is 1. The number of carbonyl (C=O) groups excluding carboxylic acids is 1. The second-order valence-corrected chi connectivity index (χ2v) is 4.80. The monoisotopic (exact) mass is 241 g/mol. The molecule has 0 aliphatic carbocycles. The maximum absolute atomic E-state index is 12.2. The van der Waals surface area contributed by atoms with Gasteiger partial charge in [-0.3, -0.25) is 9.69 Å². The molecule has 4 heteroatoms. The SMILES string of the molecule is CCC(C)N(CC)CC(=O)N1CCCNCC1. The van der Waals surface area contributed by atoms with Gasteiger partial charge in [0.15, 0.2) is 0 Å². The first-order valence-electron chi connectivity index (χ1n) is 6.91. The highest BCUT2D eigenvalue weighted by Gasteiger charge is 2.19. The fourth-order valence-corrected chi connectivity index (χ4v) is 2.21. The van der Waals surface area contributed by atoms with Crippen molar-refractivity contribution in [1.29, 1.82) is 0 Å². The molecule has 1 N–H and O–H groups in total. The Morgan fingerprint density at radius 1 is 1.35 bits per heavy atom. The molecule has 100 valence electrons. The molecule has 0 aromatic heterocycles. The Labute approximate surface area is 105 Å². The van der Waals surface area contributed by atoms with Crippen molar-refractivity contribution in [3.63, 3.8) is 0 Å². The Hall–Kier alpha value is -0.610. The van der Waals surface area contributed by atoms with Crippen molar-refractivity contribution in [3.8, 4) is 0 Å². The van der Waals surface area contributed by atoms with Crippen LogP contribution in [-0.4, -0.2) is 61.0 Å². The van der Waals surface area contributed by atoms with E-state index in [0.29, 0.717) is 12.6 Å². The van der Waals surface area contributed by atoms with Gasteiger partial charge in [-0.05, 0) is 32.9 Å². The number of nitrogens with zero attached hydrogens (tertiary/aromatic N) is 2. The molecule has 0 aromatic rings. The fraction of sp³-hybridized carbons (Fsp3) is 0.923. The Morgan fingerprint density at radius 2 is 2.12 bits per heavy atom. The van der Waals surface area contributed by atoms with Crippen molar-refractivity contribution in [2.24, 2.45) is 0 Å². The largest absolute Gasteiger partial charge is 0.340 e. The second kappa shape index (κ2) is 7.67. The maximum atomic E-state index is 12.2. The van der Waals surface area contributed by atoms with Crippen LogP contribution in [0.15, 0.2) is 0 Å². The highest BCUT2D eigenvalue weighted by Crippen LogP contribution is 2.05. The van der Waals surface area contributed by atoms with Crippen LogP contribution in [0.2, 0.25) is 0 Å². The third-order valence-electron chi connectivity index (χ3n) is 3.65. The molecule has 1 amide bonds. The first-order chi connectivity index (χ1) is 8.19. The van der Waals surface area contributed by atoms with Gasteiger partial charge >= 0.3 is 0 Å². The van der Waals surface area contributed by atoms with Gasteiger partial charge in [0.2, 0.25) is 5.91 Å². The lowest BCUT2D eigenvalue weighted by Crippen LogP contribution is -2.44. The molecule has 1 unspecified atom stereocenters. The smallest absolute Gasteiger partial charge is 0.236 e. The van der Waals surface area contributed by atoms with E-state index >= 15 is 0 Å². The van der Waals surface area contributed by atoms with Gasteiger partial charge in [0.05, 0.1) is 6.54 Å². The Balaban J connectivity index is 2.45. The zero-order valence-corrected chi connectivity index (χ0v) is 11.5. The molecule has 0 saturated carbocycles. The average Bonchev–Trinajstić information content (AvgIpc) is 2.63. The summed E-state index contributed by atoms with van der Waals surface area (Å²) in [5.74, 6) is 0.288. The summed E-state index contributed by atoms with van der Waals surface area (Å²) in [4.78, 5) is 16.5. The van der Waals surface area contributed by atoms with E-state index in [9.17, 15) is 4.79 Å². The van der Waals surface area contributed by atoms with E-state index in [2.05, 4.69) is 31.0 Å². The van der Waals surface area contributed by atoms with Gasteiger partial charge < -0.3 is 10.2 Å². The van der Waals surface area contributed by atoms with Crippen LogP contribution in [-0.2, 0) is 4.79 Å². The summed E-state index contributed by atoms with van der Waals surface area (Å²) in [6.07, 6.45) is 2.17. The average molecular weight is 241 g/mol. The lowest BCUT2D eigenvalue weighted by molar-refractivity contribution is -0.132. The minimum Gasteiger partial charge on any atom is -0.340 e. The van der Waals surface area contributed by atoms with Crippen LogP contribution in [0.25, 0.3) is 0 Å². The molecular formula is C13H27N3O.